The van der Waals surface area contributed by atoms with Crippen LogP contribution >= 0.6 is 11.3 Å². The molecular weight excluding hydrogens is 358 g/mol. The topological polar surface area (TPSA) is 54.5 Å². The molecule has 1 aromatic heterocycles. The molecule has 0 aliphatic heterocycles. The minimum absolute atomic E-state index is 0.0679. The minimum Gasteiger partial charge on any atom is -0.497 e. The van der Waals surface area contributed by atoms with Gasteiger partial charge in [-0.15, -0.1) is 11.3 Å². The van der Waals surface area contributed by atoms with Gasteiger partial charge in [0.15, 0.2) is 5.13 Å². The van der Waals surface area contributed by atoms with E-state index in [0.717, 1.165) is 23.6 Å². The van der Waals surface area contributed by atoms with Crippen molar-refractivity contribution in [2.75, 3.05) is 26.0 Å². The first-order valence-electron chi connectivity index (χ1n) is 8.68. The zero-order valence-corrected chi connectivity index (χ0v) is 16.5. The fourth-order valence-electron chi connectivity index (χ4n) is 2.76. The molecule has 3 aromatic rings. The van der Waals surface area contributed by atoms with Gasteiger partial charge in [0.05, 0.1) is 19.3 Å². The minimum atomic E-state index is -0.0679. The van der Waals surface area contributed by atoms with Crippen LogP contribution in [0.15, 0.2) is 53.9 Å². The van der Waals surface area contributed by atoms with E-state index >= 15 is 0 Å². The number of aryl methyl sites for hydroxylation is 1. The smallest absolute Gasteiger partial charge is 0.240 e. The molecule has 3 rings (SSSR count). The summed E-state index contributed by atoms with van der Waals surface area (Å²) in [5.74, 6) is 0.737. The number of likely N-dealkylation sites (N-methyl/N-ethyl adjacent to an activating group) is 1. The molecule has 140 valence electrons. The Morgan fingerprint density at radius 2 is 1.93 bits per heavy atom. The molecule has 5 nitrogen and oxygen atoms in total. The number of hydrogen-bond donors (Lipinski definition) is 1. The molecular formula is C21H23N3O2S. The summed E-state index contributed by atoms with van der Waals surface area (Å²) in [6.07, 6.45) is 0. The number of hydrogen-bond acceptors (Lipinski definition) is 5. The number of aromatic nitrogens is 1. The van der Waals surface area contributed by atoms with Crippen LogP contribution < -0.4 is 10.1 Å². The summed E-state index contributed by atoms with van der Waals surface area (Å²) in [6, 6.07) is 15.9. The molecule has 0 radical (unpaired) electrons. The molecule has 0 aliphatic rings. The number of nitrogens with zero attached hydrogens (tertiary/aromatic N) is 2. The highest BCUT2D eigenvalue weighted by Crippen LogP contribution is 2.26. The second kappa shape index (κ2) is 8.79. The number of amides is 1. The summed E-state index contributed by atoms with van der Waals surface area (Å²) < 4.78 is 5.17. The van der Waals surface area contributed by atoms with E-state index in [4.69, 9.17) is 4.74 Å². The number of ether oxygens (including phenoxy) is 1. The lowest BCUT2D eigenvalue weighted by Crippen LogP contribution is -2.30. The Balaban J connectivity index is 1.56. The molecule has 1 N–H and O–H groups in total. The third-order valence-corrected chi connectivity index (χ3v) is 5.01. The van der Waals surface area contributed by atoms with Gasteiger partial charge in [-0.3, -0.25) is 9.69 Å². The SMILES string of the molecule is COc1ccc(-c2csc(NC(=O)CN(C)Cc3ccccc3C)n2)cc1. The fourth-order valence-corrected chi connectivity index (χ4v) is 3.50. The first-order valence-corrected chi connectivity index (χ1v) is 9.56. The zero-order chi connectivity index (χ0) is 19.2. The van der Waals surface area contributed by atoms with E-state index in [-0.39, 0.29) is 5.91 Å². The predicted octanol–water partition coefficient (Wildman–Crippen LogP) is 4.20. The van der Waals surface area contributed by atoms with Gasteiger partial charge in [0.2, 0.25) is 5.91 Å². The Labute approximate surface area is 163 Å². The number of thiazole rings is 1. The molecule has 2 aromatic carbocycles. The van der Waals surface area contributed by atoms with E-state index < -0.39 is 0 Å². The van der Waals surface area contributed by atoms with E-state index in [1.807, 2.05) is 53.7 Å². The Morgan fingerprint density at radius 1 is 1.19 bits per heavy atom. The standard InChI is InChI=1S/C21H23N3O2S/c1-15-6-4-5-7-17(15)12-24(2)13-20(25)23-21-22-19(14-27-21)16-8-10-18(26-3)11-9-16/h4-11,14H,12-13H2,1-3H3,(H,22,23,25). The quantitative estimate of drug-likeness (QED) is 0.666. The molecule has 27 heavy (non-hydrogen) atoms. The molecule has 1 heterocycles. The summed E-state index contributed by atoms with van der Waals surface area (Å²) in [6.45, 7) is 3.13. The lowest BCUT2D eigenvalue weighted by molar-refractivity contribution is -0.117. The fraction of sp³-hybridized carbons (Fsp3) is 0.238. The van der Waals surface area contributed by atoms with Gasteiger partial charge in [0.1, 0.15) is 5.75 Å². The molecule has 0 unspecified atom stereocenters. The van der Waals surface area contributed by atoms with Crippen molar-refractivity contribution < 1.29 is 9.53 Å². The molecule has 0 spiro atoms. The maximum absolute atomic E-state index is 12.3. The second-order valence-corrected chi connectivity index (χ2v) is 7.27. The third kappa shape index (κ3) is 5.15. The summed E-state index contributed by atoms with van der Waals surface area (Å²) in [7, 11) is 3.58. The van der Waals surface area contributed by atoms with Crippen molar-refractivity contribution in [2.45, 2.75) is 13.5 Å². The largest absolute Gasteiger partial charge is 0.497 e. The highest BCUT2D eigenvalue weighted by Gasteiger charge is 2.11. The maximum atomic E-state index is 12.3. The second-order valence-electron chi connectivity index (χ2n) is 6.41. The number of carbonyl (C=O) groups is 1. The van der Waals surface area contributed by atoms with Crippen molar-refractivity contribution in [3.63, 3.8) is 0 Å². The number of nitrogens with one attached hydrogen (secondary N) is 1. The van der Waals surface area contributed by atoms with Crippen LogP contribution in [0.2, 0.25) is 0 Å². The summed E-state index contributed by atoms with van der Waals surface area (Å²) in [5, 5.41) is 5.43. The average Bonchev–Trinajstić information content (AvgIpc) is 3.12. The van der Waals surface area contributed by atoms with Crippen LogP contribution in [0.1, 0.15) is 11.1 Å². The van der Waals surface area contributed by atoms with E-state index in [9.17, 15) is 4.79 Å². The zero-order valence-electron chi connectivity index (χ0n) is 15.7. The molecule has 0 saturated carbocycles. The summed E-state index contributed by atoms with van der Waals surface area (Å²) in [5.41, 5.74) is 4.29. The lowest BCUT2D eigenvalue weighted by atomic mass is 10.1. The van der Waals surface area contributed by atoms with Gasteiger partial charge in [-0.2, -0.15) is 0 Å². The Kier molecular flexibility index (Phi) is 6.21. The third-order valence-electron chi connectivity index (χ3n) is 4.25. The first kappa shape index (κ1) is 19.1. The van der Waals surface area contributed by atoms with Gasteiger partial charge in [0, 0.05) is 17.5 Å². The number of carbonyl (C=O) groups excluding carboxylic acids is 1. The van der Waals surface area contributed by atoms with Crippen LogP contribution in [-0.4, -0.2) is 36.5 Å². The molecule has 0 bridgehead atoms. The van der Waals surface area contributed by atoms with Crippen molar-refractivity contribution in [1.29, 1.82) is 0 Å². The van der Waals surface area contributed by atoms with Crippen LogP contribution in [0.5, 0.6) is 5.75 Å². The van der Waals surface area contributed by atoms with Crippen LogP contribution in [-0.2, 0) is 11.3 Å². The van der Waals surface area contributed by atoms with Crippen LogP contribution in [0.3, 0.4) is 0 Å². The number of rotatable bonds is 7. The molecule has 1 amide bonds. The Hall–Kier alpha value is -2.70. The number of methoxy groups -OCH3 is 1. The normalized spacial score (nSPS) is 10.8. The average molecular weight is 382 g/mol. The highest BCUT2D eigenvalue weighted by atomic mass is 32.1. The maximum Gasteiger partial charge on any atom is 0.240 e. The Morgan fingerprint density at radius 3 is 2.63 bits per heavy atom. The van der Waals surface area contributed by atoms with E-state index in [1.54, 1.807) is 7.11 Å². The van der Waals surface area contributed by atoms with E-state index in [1.165, 1.54) is 22.5 Å². The summed E-state index contributed by atoms with van der Waals surface area (Å²) >= 11 is 1.42. The van der Waals surface area contributed by atoms with Crippen LogP contribution in [0, 0.1) is 6.92 Å². The molecule has 0 aliphatic carbocycles. The molecule has 0 fully saturated rings. The predicted molar refractivity (Wildman–Crippen MR) is 110 cm³/mol. The van der Waals surface area contributed by atoms with Crippen molar-refractivity contribution in [3.8, 4) is 17.0 Å². The van der Waals surface area contributed by atoms with Gasteiger partial charge in [-0.05, 0) is 49.4 Å². The molecule has 0 saturated heterocycles. The van der Waals surface area contributed by atoms with Gasteiger partial charge in [0.25, 0.3) is 0 Å². The van der Waals surface area contributed by atoms with Gasteiger partial charge >= 0.3 is 0 Å². The van der Waals surface area contributed by atoms with Crippen molar-refractivity contribution in [3.05, 3.63) is 65.0 Å². The number of anilines is 1. The van der Waals surface area contributed by atoms with Crippen molar-refractivity contribution in [1.82, 2.24) is 9.88 Å². The lowest BCUT2D eigenvalue weighted by Gasteiger charge is -2.17. The van der Waals surface area contributed by atoms with Gasteiger partial charge < -0.3 is 10.1 Å². The monoisotopic (exact) mass is 381 g/mol. The van der Waals surface area contributed by atoms with Gasteiger partial charge in [-0.1, -0.05) is 24.3 Å². The van der Waals surface area contributed by atoms with Crippen molar-refractivity contribution >= 4 is 22.4 Å². The van der Waals surface area contributed by atoms with Crippen molar-refractivity contribution in [2.24, 2.45) is 0 Å². The molecule has 6 heteroatoms. The van der Waals surface area contributed by atoms with Crippen LogP contribution in [0.25, 0.3) is 11.3 Å². The summed E-state index contributed by atoms with van der Waals surface area (Å²) in [4.78, 5) is 18.8. The van der Waals surface area contributed by atoms with E-state index in [0.29, 0.717) is 11.7 Å². The van der Waals surface area contributed by atoms with Gasteiger partial charge in [-0.25, -0.2) is 4.98 Å². The molecule has 0 atom stereocenters. The Bertz CT molecular complexity index is 906. The highest BCUT2D eigenvalue weighted by molar-refractivity contribution is 7.14. The number of benzene rings is 2. The van der Waals surface area contributed by atoms with E-state index in [2.05, 4.69) is 29.4 Å². The van der Waals surface area contributed by atoms with Crippen LogP contribution in [0.4, 0.5) is 5.13 Å². The first-order chi connectivity index (χ1) is 13.0.